The molecule has 0 radical (unpaired) electrons. The molecule has 3 rings (SSSR count). The van der Waals surface area contributed by atoms with Crippen molar-refractivity contribution in [2.75, 3.05) is 38.2 Å². The molecule has 1 aliphatic rings. The van der Waals surface area contributed by atoms with Crippen molar-refractivity contribution >= 4 is 23.5 Å². The molecule has 0 bridgehead atoms. The van der Waals surface area contributed by atoms with E-state index in [0.717, 1.165) is 11.4 Å². The quantitative estimate of drug-likeness (QED) is 0.554. The summed E-state index contributed by atoms with van der Waals surface area (Å²) in [5.74, 6) is 0.457. The highest BCUT2D eigenvalue weighted by molar-refractivity contribution is 5.92. The molecular formula is C25H30N2O6. The Balaban J connectivity index is 1.30. The minimum absolute atomic E-state index is 0.0349. The number of nitrogens with one attached hydrogen (secondary N) is 1. The van der Waals surface area contributed by atoms with E-state index in [-0.39, 0.29) is 37.4 Å². The van der Waals surface area contributed by atoms with Crippen LogP contribution < -0.4 is 14.8 Å². The number of piperidine rings is 1. The van der Waals surface area contributed by atoms with Crippen LogP contribution >= 0.6 is 0 Å². The molecule has 0 aromatic heterocycles. The lowest BCUT2D eigenvalue weighted by atomic mass is 9.95. The number of nitrogens with zero attached hydrogens (tertiary/aromatic N) is 1. The van der Waals surface area contributed by atoms with Crippen molar-refractivity contribution in [3.05, 3.63) is 54.6 Å². The second-order valence-electron chi connectivity index (χ2n) is 7.67. The van der Waals surface area contributed by atoms with E-state index in [1.807, 2.05) is 37.3 Å². The third kappa shape index (κ3) is 7.82. The van der Waals surface area contributed by atoms with Crippen molar-refractivity contribution in [2.45, 2.75) is 26.2 Å². The van der Waals surface area contributed by atoms with Crippen LogP contribution in [0.4, 0.5) is 5.69 Å². The fourth-order valence-corrected chi connectivity index (χ4v) is 3.51. The molecule has 1 saturated heterocycles. The summed E-state index contributed by atoms with van der Waals surface area (Å²) in [7, 11) is 0. The summed E-state index contributed by atoms with van der Waals surface area (Å²) >= 11 is 0. The summed E-state index contributed by atoms with van der Waals surface area (Å²) in [4.78, 5) is 38.3. The summed E-state index contributed by atoms with van der Waals surface area (Å²) in [6.45, 7) is 3.28. The number of carbonyl (C=O) groups excluding carboxylic acids is 3. The Morgan fingerprint density at radius 3 is 2.21 bits per heavy atom. The second-order valence-corrected chi connectivity index (χ2v) is 7.67. The van der Waals surface area contributed by atoms with Crippen molar-refractivity contribution in [1.82, 2.24) is 4.90 Å². The van der Waals surface area contributed by atoms with Crippen LogP contribution in [0, 0.1) is 5.92 Å². The average molecular weight is 455 g/mol. The minimum Gasteiger partial charge on any atom is -0.494 e. The smallest absolute Gasteiger partial charge is 0.309 e. The molecule has 2 aromatic rings. The molecule has 2 amide bonds. The average Bonchev–Trinajstić information content (AvgIpc) is 2.84. The molecule has 33 heavy (non-hydrogen) atoms. The minimum atomic E-state index is -0.494. The number of rotatable bonds is 10. The molecule has 0 spiro atoms. The number of para-hydroxylation sites is 1. The molecule has 1 fully saturated rings. The van der Waals surface area contributed by atoms with E-state index in [1.54, 1.807) is 29.2 Å². The number of hydrogen-bond donors (Lipinski definition) is 1. The van der Waals surface area contributed by atoms with Gasteiger partial charge < -0.3 is 24.4 Å². The Bertz CT molecular complexity index is 908. The molecule has 0 aliphatic carbocycles. The number of amides is 2. The van der Waals surface area contributed by atoms with Crippen LogP contribution in [-0.2, 0) is 19.1 Å². The Hall–Kier alpha value is -3.55. The topological polar surface area (TPSA) is 94.2 Å². The van der Waals surface area contributed by atoms with Gasteiger partial charge in [0, 0.05) is 24.7 Å². The van der Waals surface area contributed by atoms with Crippen LogP contribution in [-0.4, -0.2) is 55.6 Å². The summed E-state index contributed by atoms with van der Waals surface area (Å²) in [6.07, 6.45) is 1.20. The zero-order valence-electron chi connectivity index (χ0n) is 18.8. The number of anilines is 1. The highest BCUT2D eigenvalue weighted by atomic mass is 16.5. The number of carbonyl (C=O) groups is 3. The molecule has 1 aliphatic heterocycles. The predicted octanol–water partition coefficient (Wildman–Crippen LogP) is 3.27. The van der Waals surface area contributed by atoms with Crippen molar-refractivity contribution in [3.63, 3.8) is 0 Å². The summed E-state index contributed by atoms with van der Waals surface area (Å²) in [6, 6.07) is 16.4. The number of hydrogen-bond acceptors (Lipinski definition) is 6. The van der Waals surface area contributed by atoms with E-state index in [1.165, 1.54) is 0 Å². The van der Waals surface area contributed by atoms with E-state index in [2.05, 4.69) is 5.32 Å². The third-order valence-corrected chi connectivity index (χ3v) is 5.33. The van der Waals surface area contributed by atoms with Gasteiger partial charge in [0.05, 0.1) is 19.6 Å². The molecule has 1 N–H and O–H groups in total. The summed E-state index contributed by atoms with van der Waals surface area (Å²) < 4.78 is 16.0. The number of esters is 1. The highest BCUT2D eigenvalue weighted by Gasteiger charge is 2.27. The molecule has 1 heterocycles. The van der Waals surface area contributed by atoms with Gasteiger partial charge in [-0.2, -0.15) is 0 Å². The van der Waals surface area contributed by atoms with Crippen LogP contribution in [0.3, 0.4) is 0 Å². The highest BCUT2D eigenvalue weighted by Crippen LogP contribution is 2.20. The predicted molar refractivity (Wildman–Crippen MR) is 123 cm³/mol. The van der Waals surface area contributed by atoms with Gasteiger partial charge in [-0.3, -0.25) is 14.4 Å². The van der Waals surface area contributed by atoms with Crippen LogP contribution in [0.2, 0.25) is 0 Å². The van der Waals surface area contributed by atoms with Crippen LogP contribution in [0.15, 0.2) is 54.6 Å². The Morgan fingerprint density at radius 1 is 0.939 bits per heavy atom. The van der Waals surface area contributed by atoms with Gasteiger partial charge in [0.1, 0.15) is 11.5 Å². The summed E-state index contributed by atoms with van der Waals surface area (Å²) in [5, 5.41) is 2.91. The van der Waals surface area contributed by atoms with Gasteiger partial charge in [-0.1, -0.05) is 18.2 Å². The molecule has 0 atom stereocenters. The maximum absolute atomic E-state index is 12.4. The number of likely N-dealkylation sites (tertiary alicyclic amines) is 1. The van der Waals surface area contributed by atoms with Gasteiger partial charge in [0.25, 0.3) is 5.91 Å². The Labute approximate surface area is 193 Å². The Kier molecular flexibility index (Phi) is 9.11. The maximum Gasteiger partial charge on any atom is 0.309 e. The van der Waals surface area contributed by atoms with E-state index in [0.29, 0.717) is 38.3 Å². The Morgan fingerprint density at radius 2 is 1.58 bits per heavy atom. The van der Waals surface area contributed by atoms with Gasteiger partial charge in [0.2, 0.25) is 5.91 Å². The first-order chi connectivity index (χ1) is 16.0. The fourth-order valence-electron chi connectivity index (χ4n) is 3.51. The van der Waals surface area contributed by atoms with Crippen LogP contribution in [0.25, 0.3) is 0 Å². The number of benzene rings is 2. The molecular weight excluding hydrogens is 424 g/mol. The molecule has 0 saturated carbocycles. The number of ether oxygens (including phenoxy) is 3. The second kappa shape index (κ2) is 12.5. The lowest BCUT2D eigenvalue weighted by molar-refractivity contribution is -0.153. The molecule has 8 nitrogen and oxygen atoms in total. The van der Waals surface area contributed by atoms with Crippen molar-refractivity contribution in [3.8, 4) is 11.5 Å². The van der Waals surface area contributed by atoms with E-state index in [9.17, 15) is 14.4 Å². The van der Waals surface area contributed by atoms with Gasteiger partial charge in [-0.15, -0.1) is 0 Å². The van der Waals surface area contributed by atoms with Crippen LogP contribution in [0.5, 0.6) is 11.5 Å². The SMILES string of the molecule is CCOc1ccc(OCCC(=O)OCC(=O)N2CCC(C(=O)Nc3ccccc3)CC2)cc1. The first kappa shape index (κ1) is 24.1. The van der Waals surface area contributed by atoms with Gasteiger partial charge in [-0.05, 0) is 56.2 Å². The fraction of sp³-hybridized carbons (Fsp3) is 0.400. The van der Waals surface area contributed by atoms with Crippen LogP contribution in [0.1, 0.15) is 26.2 Å². The zero-order valence-corrected chi connectivity index (χ0v) is 18.8. The first-order valence-electron chi connectivity index (χ1n) is 11.2. The van der Waals surface area contributed by atoms with Gasteiger partial charge >= 0.3 is 5.97 Å². The van der Waals surface area contributed by atoms with E-state index in [4.69, 9.17) is 14.2 Å². The van der Waals surface area contributed by atoms with E-state index < -0.39 is 5.97 Å². The normalized spacial score (nSPS) is 13.8. The molecule has 2 aromatic carbocycles. The monoisotopic (exact) mass is 454 g/mol. The molecule has 8 heteroatoms. The largest absolute Gasteiger partial charge is 0.494 e. The standard InChI is InChI=1S/C25H30N2O6/c1-2-31-21-8-10-22(11-9-21)32-17-14-24(29)33-18-23(28)27-15-12-19(13-16-27)25(30)26-20-6-4-3-5-7-20/h3-11,19H,2,12-18H2,1H3,(H,26,30). The maximum atomic E-state index is 12.4. The lowest BCUT2D eigenvalue weighted by Crippen LogP contribution is -2.43. The molecule has 0 unspecified atom stereocenters. The summed E-state index contributed by atoms with van der Waals surface area (Å²) in [5.41, 5.74) is 0.763. The van der Waals surface area contributed by atoms with Gasteiger partial charge in [-0.25, -0.2) is 0 Å². The van der Waals surface area contributed by atoms with Crippen molar-refractivity contribution < 1.29 is 28.6 Å². The first-order valence-corrected chi connectivity index (χ1v) is 11.2. The third-order valence-electron chi connectivity index (χ3n) is 5.33. The van der Waals surface area contributed by atoms with Gasteiger partial charge in [0.15, 0.2) is 6.61 Å². The van der Waals surface area contributed by atoms with E-state index >= 15 is 0 Å². The lowest BCUT2D eigenvalue weighted by Gasteiger charge is -2.31. The van der Waals surface area contributed by atoms with Crippen molar-refractivity contribution in [1.29, 1.82) is 0 Å². The zero-order chi connectivity index (χ0) is 23.5. The van der Waals surface area contributed by atoms with Crippen molar-refractivity contribution in [2.24, 2.45) is 5.92 Å². The molecule has 176 valence electrons.